The Morgan fingerprint density at radius 3 is 2.17 bits per heavy atom. The first kappa shape index (κ1) is 18.1. The number of nitrogens with zero attached hydrogens (tertiary/aromatic N) is 1. The summed E-state index contributed by atoms with van der Waals surface area (Å²) in [5, 5.41) is 0. The molecule has 0 amide bonds. The van der Waals surface area contributed by atoms with Crippen LogP contribution in [0.3, 0.4) is 0 Å². The molecule has 23 heavy (non-hydrogen) atoms. The van der Waals surface area contributed by atoms with Gasteiger partial charge in [0.15, 0.2) is 0 Å². The first-order valence-electron chi connectivity index (χ1n) is 7.93. The summed E-state index contributed by atoms with van der Waals surface area (Å²) in [5.41, 5.74) is 7.91. The number of hydrogen-bond acceptors (Lipinski definition) is 1. The Labute approximate surface area is 153 Å². The summed E-state index contributed by atoms with van der Waals surface area (Å²) in [6.07, 6.45) is 1.86. The molecule has 2 heteroatoms. The summed E-state index contributed by atoms with van der Waals surface area (Å²) in [7, 11) is 0. The summed E-state index contributed by atoms with van der Waals surface area (Å²) >= 11 is 0. The number of rotatable bonds is 1. The van der Waals surface area contributed by atoms with E-state index < -0.39 is 0 Å². The van der Waals surface area contributed by atoms with Crippen LogP contribution in [-0.4, -0.2) is 4.98 Å². The van der Waals surface area contributed by atoms with E-state index in [1.54, 1.807) is 0 Å². The average molecular weight is 483 g/mol. The molecule has 1 aliphatic carbocycles. The molecule has 0 unspecified atom stereocenters. The quantitative estimate of drug-likeness (QED) is 0.389. The molecule has 0 spiro atoms. The second kappa shape index (κ2) is 6.00. The van der Waals surface area contributed by atoms with Crippen LogP contribution in [0.25, 0.3) is 11.3 Å². The van der Waals surface area contributed by atoms with Crippen molar-refractivity contribution in [3.63, 3.8) is 0 Å². The number of fused-ring (bicyclic) bond motifs is 1. The monoisotopic (exact) mass is 483 g/mol. The normalized spacial score (nSPS) is 18.2. The third-order valence-corrected chi connectivity index (χ3v) is 5.65. The molecule has 1 aliphatic rings. The van der Waals surface area contributed by atoms with Crippen molar-refractivity contribution >= 4 is 0 Å². The Morgan fingerprint density at radius 2 is 1.57 bits per heavy atom. The van der Waals surface area contributed by atoms with Crippen LogP contribution in [0.2, 0.25) is 0 Å². The molecule has 0 saturated carbocycles. The van der Waals surface area contributed by atoms with Gasteiger partial charge in [-0.1, -0.05) is 51.0 Å². The van der Waals surface area contributed by atoms with Gasteiger partial charge in [0.05, 0.1) is 0 Å². The van der Waals surface area contributed by atoms with E-state index in [0.717, 1.165) is 11.3 Å². The van der Waals surface area contributed by atoms with E-state index in [2.05, 4.69) is 70.8 Å². The van der Waals surface area contributed by atoms with Crippen LogP contribution in [0.4, 0.5) is 0 Å². The maximum absolute atomic E-state index is 4.57. The summed E-state index contributed by atoms with van der Waals surface area (Å²) in [6, 6.07) is 13.8. The van der Waals surface area contributed by atoms with E-state index >= 15 is 0 Å². The molecule has 0 N–H and O–H groups in total. The third kappa shape index (κ3) is 2.62. The van der Waals surface area contributed by atoms with Crippen LogP contribution in [0.5, 0.6) is 0 Å². The molecule has 3 rings (SSSR count). The first-order chi connectivity index (χ1) is 10.3. The van der Waals surface area contributed by atoms with Crippen molar-refractivity contribution in [1.82, 2.24) is 4.98 Å². The minimum atomic E-state index is -0.000445. The van der Waals surface area contributed by atoms with Gasteiger partial charge in [-0.05, 0) is 36.4 Å². The van der Waals surface area contributed by atoms with Gasteiger partial charge in [-0.2, -0.15) is 0 Å². The number of pyridine rings is 1. The molecule has 0 aliphatic heterocycles. The van der Waals surface area contributed by atoms with E-state index in [-0.39, 0.29) is 30.9 Å². The molecule has 2 aromatic rings. The molecule has 0 bridgehead atoms. The molecule has 1 aromatic heterocycles. The van der Waals surface area contributed by atoms with E-state index in [9.17, 15) is 0 Å². The van der Waals surface area contributed by atoms with Crippen LogP contribution in [0, 0.1) is 6.07 Å². The Balaban J connectivity index is 0.00000192. The fourth-order valence-electron chi connectivity index (χ4n) is 3.71. The van der Waals surface area contributed by atoms with E-state index in [4.69, 9.17) is 0 Å². The minimum absolute atomic E-state index is 0. The first-order valence-corrected chi connectivity index (χ1v) is 7.93. The van der Waals surface area contributed by atoms with Gasteiger partial charge >= 0.3 is 0 Å². The topological polar surface area (TPSA) is 12.9 Å². The molecule has 1 heterocycles. The van der Waals surface area contributed by atoms with Gasteiger partial charge in [0.2, 0.25) is 0 Å². The molecular weight excluding hydrogens is 458 g/mol. The summed E-state index contributed by atoms with van der Waals surface area (Å²) in [4.78, 5) is 4.57. The van der Waals surface area contributed by atoms with Crippen LogP contribution in [-0.2, 0) is 30.9 Å². The molecule has 1 aromatic carbocycles. The Hall–Kier alpha value is -1.24. The van der Waals surface area contributed by atoms with Gasteiger partial charge in [-0.3, -0.25) is 0 Å². The third-order valence-electron chi connectivity index (χ3n) is 5.65. The largest absolute Gasteiger partial charge is 0.305 e. The number of allylic oxidation sites excluding steroid dienone is 2. The predicted molar refractivity (Wildman–Crippen MR) is 92.9 cm³/mol. The SMILES string of the molecule is CC1=C(C)C(C)(C)c2c(-c3ccccn3)[c-]ccc2C1(C)C.[Ir]. The number of aromatic nitrogens is 1. The van der Waals surface area contributed by atoms with Gasteiger partial charge in [-0.25, -0.2) is 0 Å². The minimum Gasteiger partial charge on any atom is -0.305 e. The predicted octanol–water partition coefficient (Wildman–Crippen LogP) is 5.45. The molecule has 0 atom stereocenters. The smallest absolute Gasteiger partial charge is 0.0160 e. The van der Waals surface area contributed by atoms with Gasteiger partial charge in [0, 0.05) is 26.3 Å². The van der Waals surface area contributed by atoms with Gasteiger partial charge in [0.1, 0.15) is 0 Å². The fraction of sp³-hybridized carbons (Fsp3) is 0.381. The van der Waals surface area contributed by atoms with E-state index in [0.29, 0.717) is 0 Å². The van der Waals surface area contributed by atoms with Crippen molar-refractivity contribution < 1.29 is 20.1 Å². The van der Waals surface area contributed by atoms with E-state index in [1.807, 2.05) is 18.3 Å². The van der Waals surface area contributed by atoms with Crippen LogP contribution >= 0.6 is 0 Å². The summed E-state index contributed by atoms with van der Waals surface area (Å²) in [6.45, 7) is 13.8. The fourth-order valence-corrected chi connectivity index (χ4v) is 3.71. The average Bonchev–Trinajstić information content (AvgIpc) is 2.52. The van der Waals surface area contributed by atoms with Crippen molar-refractivity contribution in [2.75, 3.05) is 0 Å². The molecule has 1 nitrogen and oxygen atoms in total. The molecule has 0 saturated heterocycles. The summed E-state index contributed by atoms with van der Waals surface area (Å²) in [5.74, 6) is 0. The zero-order chi connectivity index (χ0) is 16.1. The van der Waals surface area contributed by atoms with Crippen LogP contribution in [0.1, 0.15) is 52.7 Å². The van der Waals surface area contributed by atoms with Crippen molar-refractivity contribution in [1.29, 1.82) is 0 Å². The second-order valence-corrected chi connectivity index (χ2v) is 7.36. The molecular formula is C21H24IrN-. The number of hydrogen-bond donors (Lipinski definition) is 0. The molecule has 1 radical (unpaired) electrons. The Bertz CT molecular complexity index is 755. The standard InChI is InChI=1S/C21H24N.Ir/c1-14-15(2)21(5,6)19-16(18-12-7-8-13-22-18)10-9-11-17(19)20(14,3)4;/h7-9,11-13H,1-6H3;/q-1;. The van der Waals surface area contributed by atoms with Gasteiger partial charge < -0.3 is 4.98 Å². The summed E-state index contributed by atoms with van der Waals surface area (Å²) < 4.78 is 0. The maximum atomic E-state index is 4.57. The molecule has 123 valence electrons. The van der Waals surface area contributed by atoms with Gasteiger partial charge in [-0.15, -0.1) is 34.9 Å². The van der Waals surface area contributed by atoms with Gasteiger partial charge in [0.25, 0.3) is 0 Å². The zero-order valence-electron chi connectivity index (χ0n) is 14.7. The van der Waals surface area contributed by atoms with Crippen molar-refractivity contribution in [3.05, 3.63) is 64.9 Å². The van der Waals surface area contributed by atoms with Crippen molar-refractivity contribution in [2.24, 2.45) is 0 Å². The second-order valence-electron chi connectivity index (χ2n) is 7.36. The van der Waals surface area contributed by atoms with Crippen molar-refractivity contribution in [3.8, 4) is 11.3 Å². The van der Waals surface area contributed by atoms with Crippen LogP contribution in [0.15, 0.2) is 47.7 Å². The zero-order valence-corrected chi connectivity index (χ0v) is 17.1. The van der Waals surface area contributed by atoms with E-state index in [1.165, 1.54) is 22.3 Å². The Kier molecular flexibility index (Phi) is 4.72. The number of benzene rings is 1. The molecule has 0 fully saturated rings. The van der Waals surface area contributed by atoms with Crippen LogP contribution < -0.4 is 0 Å². The van der Waals surface area contributed by atoms with Crippen molar-refractivity contribution in [2.45, 2.75) is 52.4 Å². The Morgan fingerprint density at radius 1 is 0.913 bits per heavy atom. The maximum Gasteiger partial charge on any atom is 0.0160 e.